The third-order valence-corrected chi connectivity index (χ3v) is 2.87. The van der Waals surface area contributed by atoms with E-state index in [2.05, 4.69) is 15.3 Å². The summed E-state index contributed by atoms with van der Waals surface area (Å²) in [6, 6.07) is 0. The molecule has 1 N–H and O–H groups in total. The number of fused-ring (bicyclic) bond motifs is 1. The Morgan fingerprint density at radius 2 is 1.83 bits per heavy atom. The molecule has 0 radical (unpaired) electrons. The van der Waals surface area contributed by atoms with Gasteiger partial charge in [-0.1, -0.05) is 0 Å². The van der Waals surface area contributed by atoms with Crippen LogP contribution in [-0.2, 0) is 4.79 Å². The fraction of sp³-hybridized carbons (Fsp3) is 0.250. The monoisotopic (exact) mass is 243 g/mol. The van der Waals surface area contributed by atoms with Crippen molar-refractivity contribution in [2.75, 3.05) is 0 Å². The minimum absolute atomic E-state index is 0.00361. The molecule has 6 heteroatoms. The van der Waals surface area contributed by atoms with Gasteiger partial charge in [-0.3, -0.25) is 14.4 Å². The Balaban J connectivity index is 1.91. The van der Waals surface area contributed by atoms with Crippen LogP contribution in [0.1, 0.15) is 33.8 Å². The second-order valence-electron chi connectivity index (χ2n) is 4.27. The van der Waals surface area contributed by atoms with Crippen molar-refractivity contribution in [2.45, 2.75) is 12.8 Å². The van der Waals surface area contributed by atoms with Gasteiger partial charge in [0.1, 0.15) is 11.4 Å². The van der Waals surface area contributed by atoms with E-state index < -0.39 is 11.6 Å². The molecule has 1 amide bonds. The molecular weight excluding hydrogens is 234 g/mol. The number of aromatic nitrogens is 2. The highest BCUT2D eigenvalue weighted by molar-refractivity contribution is 6.23. The van der Waals surface area contributed by atoms with E-state index in [9.17, 15) is 14.4 Å². The average Bonchev–Trinajstić information content (AvgIpc) is 3.20. The van der Waals surface area contributed by atoms with E-state index >= 15 is 0 Å². The zero-order valence-corrected chi connectivity index (χ0v) is 9.34. The number of carbonyl (C=O) groups excluding carboxylic acids is 3. The van der Waals surface area contributed by atoms with Gasteiger partial charge in [-0.05, 0) is 12.8 Å². The van der Waals surface area contributed by atoms with Crippen molar-refractivity contribution in [3.63, 3.8) is 0 Å². The van der Waals surface area contributed by atoms with Gasteiger partial charge < -0.3 is 5.32 Å². The minimum atomic E-state index is -0.466. The van der Waals surface area contributed by atoms with Crippen LogP contribution in [0.25, 0.3) is 0 Å². The molecule has 1 fully saturated rings. The predicted molar refractivity (Wildman–Crippen MR) is 59.6 cm³/mol. The van der Waals surface area contributed by atoms with Crippen molar-refractivity contribution in [3.8, 4) is 0 Å². The normalized spacial score (nSPS) is 18.1. The Morgan fingerprint density at radius 1 is 1.17 bits per heavy atom. The lowest BCUT2D eigenvalue weighted by atomic mass is 10.0. The quantitative estimate of drug-likeness (QED) is 0.805. The number of nitrogens with zero attached hydrogens (tertiary/aromatic N) is 2. The standard InChI is InChI=1S/C12H9N3O3/c16-8-5-7(15-12(18)6-1-2-6)11(17)10-9(8)13-3-4-14-10/h3-6H,1-2H2,(H,15,18). The highest BCUT2D eigenvalue weighted by Crippen LogP contribution is 2.29. The first kappa shape index (κ1) is 10.8. The van der Waals surface area contributed by atoms with E-state index in [1.165, 1.54) is 12.4 Å². The van der Waals surface area contributed by atoms with Gasteiger partial charge in [0.25, 0.3) is 0 Å². The second-order valence-corrected chi connectivity index (χ2v) is 4.27. The van der Waals surface area contributed by atoms with Crippen molar-refractivity contribution in [2.24, 2.45) is 5.92 Å². The third-order valence-electron chi connectivity index (χ3n) is 2.87. The van der Waals surface area contributed by atoms with Gasteiger partial charge in [0.15, 0.2) is 0 Å². The molecule has 0 bridgehead atoms. The lowest BCUT2D eigenvalue weighted by Crippen LogP contribution is -2.33. The van der Waals surface area contributed by atoms with Crippen molar-refractivity contribution in [1.29, 1.82) is 0 Å². The second kappa shape index (κ2) is 3.83. The summed E-state index contributed by atoms with van der Waals surface area (Å²) < 4.78 is 0. The Hall–Kier alpha value is -2.37. The average molecular weight is 243 g/mol. The smallest absolute Gasteiger partial charge is 0.230 e. The molecule has 1 aromatic heterocycles. The molecule has 1 aromatic rings. The number of amides is 1. The van der Waals surface area contributed by atoms with Crippen LogP contribution in [0.15, 0.2) is 24.2 Å². The number of allylic oxidation sites excluding steroid dienone is 2. The van der Waals surface area contributed by atoms with Gasteiger partial charge in [0.05, 0.1) is 5.70 Å². The summed E-state index contributed by atoms with van der Waals surface area (Å²) in [5.41, 5.74) is 0.0212. The number of hydrogen-bond acceptors (Lipinski definition) is 5. The molecule has 0 atom stereocenters. The SMILES string of the molecule is O=C1C=C(NC(=O)C2CC2)C(=O)c2nccnc21. The summed E-state index contributed by atoms with van der Waals surface area (Å²) in [5, 5.41) is 2.49. The molecule has 0 unspecified atom stereocenters. The lowest BCUT2D eigenvalue weighted by Gasteiger charge is -2.13. The maximum atomic E-state index is 12.0. The summed E-state index contributed by atoms with van der Waals surface area (Å²) in [5.74, 6) is -1.12. The van der Waals surface area contributed by atoms with Gasteiger partial charge in [-0.2, -0.15) is 0 Å². The molecule has 0 aliphatic heterocycles. The van der Waals surface area contributed by atoms with Crippen LogP contribution < -0.4 is 5.32 Å². The van der Waals surface area contributed by atoms with Gasteiger partial charge in [-0.25, -0.2) is 9.97 Å². The fourth-order valence-electron chi connectivity index (χ4n) is 1.75. The molecule has 0 spiro atoms. The van der Waals surface area contributed by atoms with Crippen molar-refractivity contribution < 1.29 is 14.4 Å². The summed E-state index contributed by atoms with van der Waals surface area (Å²) >= 11 is 0. The Labute approximate surface area is 102 Å². The molecule has 1 heterocycles. The molecule has 1 saturated carbocycles. The van der Waals surface area contributed by atoms with Gasteiger partial charge in [0.2, 0.25) is 17.5 Å². The van der Waals surface area contributed by atoms with Crippen LogP contribution in [0.3, 0.4) is 0 Å². The molecule has 2 aliphatic rings. The zero-order chi connectivity index (χ0) is 12.7. The molecule has 6 nitrogen and oxygen atoms in total. The maximum absolute atomic E-state index is 12.0. The first-order valence-electron chi connectivity index (χ1n) is 5.59. The summed E-state index contributed by atoms with van der Waals surface area (Å²) in [4.78, 5) is 43.0. The van der Waals surface area contributed by atoms with Gasteiger partial charge >= 0.3 is 0 Å². The van der Waals surface area contributed by atoms with E-state index in [-0.39, 0.29) is 28.9 Å². The number of Topliss-reactive ketones (excluding diaryl/α,β-unsaturated/α-hetero) is 1. The first-order valence-corrected chi connectivity index (χ1v) is 5.59. The molecular formula is C12H9N3O3. The van der Waals surface area contributed by atoms with E-state index in [0.29, 0.717) is 0 Å². The fourth-order valence-corrected chi connectivity index (χ4v) is 1.75. The Bertz CT molecular complexity index is 602. The van der Waals surface area contributed by atoms with Crippen LogP contribution in [-0.4, -0.2) is 27.4 Å². The molecule has 3 rings (SSSR count). The molecule has 0 saturated heterocycles. The van der Waals surface area contributed by atoms with Crippen LogP contribution in [0, 0.1) is 5.92 Å². The first-order chi connectivity index (χ1) is 8.66. The zero-order valence-electron chi connectivity index (χ0n) is 9.34. The van der Waals surface area contributed by atoms with Crippen LogP contribution in [0.5, 0.6) is 0 Å². The predicted octanol–water partition coefficient (Wildman–Crippen LogP) is 0.266. The third kappa shape index (κ3) is 1.71. The van der Waals surface area contributed by atoms with Crippen molar-refractivity contribution >= 4 is 17.5 Å². The molecule has 2 aliphatic carbocycles. The van der Waals surface area contributed by atoms with Crippen LogP contribution in [0.4, 0.5) is 0 Å². The highest BCUT2D eigenvalue weighted by atomic mass is 16.2. The number of ketones is 2. The van der Waals surface area contributed by atoms with Crippen molar-refractivity contribution in [3.05, 3.63) is 35.6 Å². The highest BCUT2D eigenvalue weighted by Gasteiger charge is 2.34. The Morgan fingerprint density at radius 3 is 2.50 bits per heavy atom. The van der Waals surface area contributed by atoms with E-state index in [4.69, 9.17) is 0 Å². The summed E-state index contributed by atoms with van der Waals surface area (Å²) in [6.45, 7) is 0. The molecule has 90 valence electrons. The number of hydrogen-bond donors (Lipinski definition) is 1. The molecule has 0 aromatic carbocycles. The number of rotatable bonds is 2. The van der Waals surface area contributed by atoms with E-state index in [1.54, 1.807) is 0 Å². The van der Waals surface area contributed by atoms with Crippen molar-refractivity contribution in [1.82, 2.24) is 15.3 Å². The summed E-state index contributed by atoms with van der Waals surface area (Å²) in [6.07, 6.45) is 5.47. The van der Waals surface area contributed by atoms with Gasteiger partial charge in [-0.15, -0.1) is 0 Å². The Kier molecular flexibility index (Phi) is 2.29. The largest absolute Gasteiger partial charge is 0.322 e. The minimum Gasteiger partial charge on any atom is -0.322 e. The van der Waals surface area contributed by atoms with Gasteiger partial charge in [0, 0.05) is 24.4 Å². The van der Waals surface area contributed by atoms with Crippen LogP contribution >= 0.6 is 0 Å². The van der Waals surface area contributed by atoms with E-state index in [0.717, 1.165) is 18.9 Å². The van der Waals surface area contributed by atoms with E-state index in [1.807, 2.05) is 0 Å². The topological polar surface area (TPSA) is 89.0 Å². The number of nitrogens with one attached hydrogen (secondary N) is 1. The lowest BCUT2D eigenvalue weighted by molar-refractivity contribution is -0.121. The number of carbonyl (C=O) groups is 3. The maximum Gasteiger partial charge on any atom is 0.230 e. The molecule has 18 heavy (non-hydrogen) atoms. The summed E-state index contributed by atoms with van der Waals surface area (Å²) in [7, 11) is 0. The van der Waals surface area contributed by atoms with Crippen LogP contribution in [0.2, 0.25) is 0 Å².